The topological polar surface area (TPSA) is 119 Å². The summed E-state index contributed by atoms with van der Waals surface area (Å²) in [6, 6.07) is 7.42. The Morgan fingerprint density at radius 2 is 2.10 bits per heavy atom. The molecule has 156 valence electrons. The highest BCUT2D eigenvalue weighted by atomic mass is 35.5. The quantitative estimate of drug-likeness (QED) is 0.544. The van der Waals surface area contributed by atoms with Gasteiger partial charge in [-0.1, -0.05) is 16.8 Å². The lowest BCUT2D eigenvalue weighted by atomic mass is 10.1. The molecular formula is C19H25ClN6O3. The van der Waals surface area contributed by atoms with Crippen molar-refractivity contribution in [1.82, 2.24) is 20.4 Å². The number of aromatic nitrogens is 2. The van der Waals surface area contributed by atoms with Crippen molar-refractivity contribution < 1.29 is 14.1 Å². The number of hydrogen-bond donors (Lipinski definition) is 2. The first kappa shape index (κ1) is 20.9. The molecule has 1 fully saturated rings. The molecule has 9 nitrogen and oxygen atoms in total. The van der Waals surface area contributed by atoms with E-state index >= 15 is 0 Å². The summed E-state index contributed by atoms with van der Waals surface area (Å²) in [6.07, 6.45) is 1.82. The van der Waals surface area contributed by atoms with Gasteiger partial charge in [0.2, 0.25) is 11.7 Å². The predicted molar refractivity (Wildman–Crippen MR) is 110 cm³/mol. The van der Waals surface area contributed by atoms with E-state index in [1.165, 1.54) is 0 Å². The van der Waals surface area contributed by atoms with E-state index in [1.807, 2.05) is 12.1 Å². The van der Waals surface area contributed by atoms with Gasteiger partial charge in [-0.25, -0.2) is 4.79 Å². The Kier molecular flexibility index (Phi) is 7.29. The summed E-state index contributed by atoms with van der Waals surface area (Å²) in [7, 11) is 0. The molecule has 2 aromatic rings. The monoisotopic (exact) mass is 420 g/mol. The van der Waals surface area contributed by atoms with Crippen LogP contribution in [-0.4, -0.2) is 59.4 Å². The molecule has 1 aliphatic rings. The normalized spacial score (nSPS) is 15.4. The number of amides is 1. The van der Waals surface area contributed by atoms with Crippen molar-refractivity contribution in [1.29, 1.82) is 0 Å². The lowest BCUT2D eigenvalue weighted by Gasteiger charge is -2.31. The van der Waals surface area contributed by atoms with Crippen molar-refractivity contribution in [2.45, 2.75) is 32.2 Å². The van der Waals surface area contributed by atoms with Crippen molar-refractivity contribution in [2.24, 2.45) is 10.7 Å². The zero-order valence-electron chi connectivity index (χ0n) is 16.3. The van der Waals surface area contributed by atoms with Crippen LogP contribution < -0.4 is 11.1 Å². The summed E-state index contributed by atoms with van der Waals surface area (Å²) >= 11 is 5.89. The summed E-state index contributed by atoms with van der Waals surface area (Å²) in [5.74, 6) is 1.38. The van der Waals surface area contributed by atoms with Crippen LogP contribution in [0.25, 0.3) is 11.4 Å². The molecule has 0 unspecified atom stereocenters. The minimum Gasteiger partial charge on any atom is -0.450 e. The number of carbonyl (C=O) groups excluding carboxylic acids is 1. The van der Waals surface area contributed by atoms with Gasteiger partial charge in [0.05, 0.1) is 13.2 Å². The number of piperidine rings is 1. The summed E-state index contributed by atoms with van der Waals surface area (Å²) in [5.41, 5.74) is 6.81. The minimum absolute atomic E-state index is 0.185. The SMILES string of the molecule is CCOC(=O)N1CCC(NC(N)=NCCc2nc(-c3ccc(Cl)cc3)no2)CC1. The van der Waals surface area contributed by atoms with Gasteiger partial charge in [-0.15, -0.1) is 0 Å². The van der Waals surface area contributed by atoms with E-state index in [0.717, 1.165) is 18.4 Å². The number of likely N-dealkylation sites (tertiary alicyclic amines) is 1. The van der Waals surface area contributed by atoms with Crippen LogP contribution in [-0.2, 0) is 11.2 Å². The third-order valence-corrected chi connectivity index (χ3v) is 4.80. The second-order valence-corrected chi connectivity index (χ2v) is 7.08. The lowest BCUT2D eigenvalue weighted by Crippen LogP contribution is -2.48. The number of benzene rings is 1. The highest BCUT2D eigenvalue weighted by molar-refractivity contribution is 6.30. The van der Waals surface area contributed by atoms with E-state index in [4.69, 9.17) is 26.6 Å². The number of nitrogens with one attached hydrogen (secondary N) is 1. The van der Waals surface area contributed by atoms with E-state index < -0.39 is 0 Å². The lowest BCUT2D eigenvalue weighted by molar-refractivity contribution is 0.0963. The smallest absolute Gasteiger partial charge is 0.409 e. The number of aliphatic imine (C=N–C) groups is 1. The highest BCUT2D eigenvalue weighted by Gasteiger charge is 2.23. The molecule has 10 heteroatoms. The predicted octanol–water partition coefficient (Wildman–Crippen LogP) is 2.46. The second-order valence-electron chi connectivity index (χ2n) is 6.64. The average Bonchev–Trinajstić information content (AvgIpc) is 3.18. The van der Waals surface area contributed by atoms with Crippen LogP contribution in [0, 0.1) is 0 Å². The Hall–Kier alpha value is -2.81. The van der Waals surface area contributed by atoms with E-state index in [1.54, 1.807) is 24.0 Å². The summed E-state index contributed by atoms with van der Waals surface area (Å²) in [6.45, 7) is 3.90. The van der Waals surface area contributed by atoms with E-state index in [2.05, 4.69) is 20.4 Å². The van der Waals surface area contributed by atoms with Gasteiger partial charge in [-0.2, -0.15) is 4.98 Å². The fourth-order valence-corrected chi connectivity index (χ4v) is 3.15. The molecule has 1 amide bonds. The zero-order chi connectivity index (χ0) is 20.6. The van der Waals surface area contributed by atoms with Crippen molar-refractivity contribution in [2.75, 3.05) is 26.2 Å². The number of guanidine groups is 1. The molecule has 1 aliphatic heterocycles. The molecule has 3 N–H and O–H groups in total. The molecule has 0 saturated carbocycles. The van der Waals surface area contributed by atoms with E-state index in [0.29, 0.717) is 55.4 Å². The maximum Gasteiger partial charge on any atom is 0.409 e. The van der Waals surface area contributed by atoms with Crippen molar-refractivity contribution in [3.8, 4) is 11.4 Å². The molecule has 3 rings (SSSR count). The molecule has 0 radical (unpaired) electrons. The van der Waals surface area contributed by atoms with Crippen molar-refractivity contribution in [3.05, 3.63) is 35.2 Å². The largest absolute Gasteiger partial charge is 0.450 e. The number of nitrogens with zero attached hydrogens (tertiary/aromatic N) is 4. The standard InChI is InChI=1S/C19H25ClN6O3/c1-2-28-19(27)26-11-8-15(9-12-26)23-18(21)22-10-7-16-24-17(25-29-16)13-3-5-14(20)6-4-13/h3-6,15H,2,7-12H2,1H3,(H3,21,22,23). The van der Waals surface area contributed by atoms with Gasteiger partial charge < -0.3 is 25.2 Å². The van der Waals surface area contributed by atoms with Crippen LogP contribution in [0.1, 0.15) is 25.7 Å². The molecule has 0 atom stereocenters. The average molecular weight is 421 g/mol. The number of ether oxygens (including phenoxy) is 1. The number of rotatable bonds is 6. The maximum absolute atomic E-state index is 11.7. The fraction of sp³-hybridized carbons (Fsp3) is 0.474. The Labute approximate surface area is 174 Å². The van der Waals surface area contributed by atoms with Crippen LogP contribution in [0.15, 0.2) is 33.8 Å². The van der Waals surface area contributed by atoms with E-state index in [9.17, 15) is 4.79 Å². The first-order valence-corrected chi connectivity index (χ1v) is 9.99. The number of nitrogens with two attached hydrogens (primary N) is 1. The third kappa shape index (κ3) is 6.08. The van der Waals surface area contributed by atoms with Crippen LogP contribution in [0.3, 0.4) is 0 Å². The second kappa shape index (κ2) is 10.1. The van der Waals surface area contributed by atoms with Crippen LogP contribution in [0.4, 0.5) is 4.79 Å². The van der Waals surface area contributed by atoms with Crippen molar-refractivity contribution >= 4 is 23.7 Å². The molecular weight excluding hydrogens is 396 g/mol. The third-order valence-electron chi connectivity index (χ3n) is 4.55. The van der Waals surface area contributed by atoms with Gasteiger partial charge in [0.15, 0.2) is 5.96 Å². The van der Waals surface area contributed by atoms with Crippen LogP contribution >= 0.6 is 11.6 Å². The fourth-order valence-electron chi connectivity index (χ4n) is 3.02. The molecule has 1 saturated heterocycles. The first-order valence-electron chi connectivity index (χ1n) is 9.62. The molecule has 1 aromatic carbocycles. The summed E-state index contributed by atoms with van der Waals surface area (Å²) < 4.78 is 10.3. The first-order chi connectivity index (χ1) is 14.0. The Morgan fingerprint density at radius 1 is 1.38 bits per heavy atom. The molecule has 0 bridgehead atoms. The zero-order valence-corrected chi connectivity index (χ0v) is 17.1. The number of carbonyl (C=O) groups is 1. The van der Waals surface area contributed by atoms with Crippen LogP contribution in [0.2, 0.25) is 5.02 Å². The number of hydrogen-bond acceptors (Lipinski definition) is 6. The number of halogens is 1. The summed E-state index contributed by atoms with van der Waals surface area (Å²) in [5, 5.41) is 7.83. The molecule has 0 aliphatic carbocycles. The van der Waals surface area contributed by atoms with Crippen molar-refractivity contribution in [3.63, 3.8) is 0 Å². The molecule has 0 spiro atoms. The highest BCUT2D eigenvalue weighted by Crippen LogP contribution is 2.18. The van der Waals surface area contributed by atoms with Gasteiger partial charge in [-0.05, 0) is 44.0 Å². The van der Waals surface area contributed by atoms with Gasteiger partial charge in [0, 0.05) is 36.1 Å². The Balaban J connectivity index is 1.42. The van der Waals surface area contributed by atoms with Gasteiger partial charge >= 0.3 is 6.09 Å². The Morgan fingerprint density at radius 3 is 2.79 bits per heavy atom. The summed E-state index contributed by atoms with van der Waals surface area (Å²) in [4.78, 5) is 22.1. The maximum atomic E-state index is 11.7. The molecule has 2 heterocycles. The molecule has 1 aromatic heterocycles. The van der Waals surface area contributed by atoms with Crippen LogP contribution in [0.5, 0.6) is 0 Å². The van der Waals surface area contributed by atoms with Gasteiger partial charge in [0.25, 0.3) is 0 Å². The van der Waals surface area contributed by atoms with E-state index in [-0.39, 0.29) is 12.1 Å². The Bertz CT molecular complexity index is 831. The van der Waals surface area contributed by atoms with Gasteiger partial charge in [0.1, 0.15) is 0 Å². The minimum atomic E-state index is -0.259. The van der Waals surface area contributed by atoms with Gasteiger partial charge in [-0.3, -0.25) is 4.99 Å². The molecule has 29 heavy (non-hydrogen) atoms.